The monoisotopic (exact) mass is 320 g/mol. The Balaban J connectivity index is 1.94. The molecule has 0 saturated carbocycles. The van der Waals surface area contributed by atoms with Crippen molar-refractivity contribution in [2.75, 3.05) is 16.8 Å². The zero-order chi connectivity index (χ0) is 15.0. The summed E-state index contributed by atoms with van der Waals surface area (Å²) in [5.74, 6) is 0. The minimum atomic E-state index is 0.0211. The molecule has 2 aromatic carbocycles. The Labute approximate surface area is 135 Å². The van der Waals surface area contributed by atoms with E-state index in [2.05, 4.69) is 48.3 Å². The van der Waals surface area contributed by atoms with Crippen LogP contribution in [0.3, 0.4) is 0 Å². The SMILES string of the molecule is CC1(C)CN(Cc2ccc(Cl)cc2Cl)c2ccccc2N1. The van der Waals surface area contributed by atoms with E-state index in [4.69, 9.17) is 23.2 Å². The summed E-state index contributed by atoms with van der Waals surface area (Å²) in [5.41, 5.74) is 3.49. The number of hydrogen-bond acceptors (Lipinski definition) is 2. The van der Waals surface area contributed by atoms with Gasteiger partial charge in [-0.3, -0.25) is 0 Å². The number of benzene rings is 2. The van der Waals surface area contributed by atoms with Crippen LogP contribution in [-0.2, 0) is 6.54 Å². The largest absolute Gasteiger partial charge is 0.377 e. The minimum Gasteiger partial charge on any atom is -0.377 e. The third kappa shape index (κ3) is 3.12. The molecule has 0 radical (unpaired) electrons. The first-order valence-electron chi connectivity index (χ1n) is 7.01. The van der Waals surface area contributed by atoms with Gasteiger partial charge >= 0.3 is 0 Å². The van der Waals surface area contributed by atoms with Crippen LogP contribution < -0.4 is 10.2 Å². The Morgan fingerprint density at radius 1 is 1.14 bits per heavy atom. The Bertz CT molecular complexity index is 668. The zero-order valence-corrected chi connectivity index (χ0v) is 13.7. The van der Waals surface area contributed by atoms with Crippen molar-refractivity contribution in [1.29, 1.82) is 0 Å². The van der Waals surface area contributed by atoms with Crippen LogP contribution in [0.5, 0.6) is 0 Å². The maximum Gasteiger partial charge on any atom is 0.0606 e. The molecule has 1 aliphatic heterocycles. The highest BCUT2D eigenvalue weighted by atomic mass is 35.5. The van der Waals surface area contributed by atoms with E-state index in [1.54, 1.807) is 6.07 Å². The molecule has 110 valence electrons. The molecule has 2 aromatic rings. The lowest BCUT2D eigenvalue weighted by Crippen LogP contribution is -2.48. The number of nitrogens with one attached hydrogen (secondary N) is 1. The molecule has 4 heteroatoms. The third-order valence-corrected chi connectivity index (χ3v) is 4.27. The number of nitrogens with zero attached hydrogens (tertiary/aromatic N) is 1. The first-order chi connectivity index (χ1) is 9.94. The van der Waals surface area contributed by atoms with Crippen molar-refractivity contribution in [2.24, 2.45) is 0 Å². The fourth-order valence-corrected chi connectivity index (χ4v) is 3.29. The first-order valence-corrected chi connectivity index (χ1v) is 7.76. The van der Waals surface area contributed by atoms with Crippen molar-refractivity contribution >= 4 is 34.6 Å². The molecule has 0 aliphatic carbocycles. The summed E-state index contributed by atoms with van der Waals surface area (Å²) in [6.45, 7) is 6.11. The number of para-hydroxylation sites is 2. The highest BCUT2D eigenvalue weighted by Gasteiger charge is 2.29. The Morgan fingerprint density at radius 3 is 2.67 bits per heavy atom. The van der Waals surface area contributed by atoms with Gasteiger partial charge in [-0.2, -0.15) is 0 Å². The Kier molecular flexibility index (Phi) is 3.76. The van der Waals surface area contributed by atoms with Crippen molar-refractivity contribution in [1.82, 2.24) is 0 Å². The number of halogens is 2. The van der Waals surface area contributed by atoms with Gasteiger partial charge in [0.15, 0.2) is 0 Å². The molecule has 1 heterocycles. The van der Waals surface area contributed by atoms with Crippen LogP contribution in [0.4, 0.5) is 11.4 Å². The van der Waals surface area contributed by atoms with Gasteiger partial charge in [0, 0.05) is 28.7 Å². The lowest BCUT2D eigenvalue weighted by Gasteiger charge is -2.42. The predicted molar refractivity (Wildman–Crippen MR) is 91.7 cm³/mol. The van der Waals surface area contributed by atoms with Crippen LogP contribution in [0.2, 0.25) is 10.0 Å². The fraction of sp³-hybridized carbons (Fsp3) is 0.294. The molecule has 0 amide bonds. The first kappa shape index (κ1) is 14.6. The van der Waals surface area contributed by atoms with Gasteiger partial charge in [-0.15, -0.1) is 0 Å². The van der Waals surface area contributed by atoms with Crippen molar-refractivity contribution in [3.05, 3.63) is 58.1 Å². The number of fused-ring (bicyclic) bond motifs is 1. The second kappa shape index (κ2) is 5.43. The number of hydrogen-bond donors (Lipinski definition) is 1. The lowest BCUT2D eigenvalue weighted by atomic mass is 9.98. The van der Waals surface area contributed by atoms with Crippen molar-refractivity contribution in [2.45, 2.75) is 25.9 Å². The Morgan fingerprint density at radius 2 is 1.90 bits per heavy atom. The van der Waals surface area contributed by atoms with Gasteiger partial charge in [-0.25, -0.2) is 0 Å². The molecule has 0 bridgehead atoms. The molecule has 21 heavy (non-hydrogen) atoms. The van der Waals surface area contributed by atoms with Crippen molar-refractivity contribution in [3.63, 3.8) is 0 Å². The van der Waals surface area contributed by atoms with Crippen molar-refractivity contribution < 1.29 is 0 Å². The van der Waals surface area contributed by atoms with Gasteiger partial charge < -0.3 is 10.2 Å². The highest BCUT2D eigenvalue weighted by molar-refractivity contribution is 6.35. The topological polar surface area (TPSA) is 15.3 Å². The quantitative estimate of drug-likeness (QED) is 0.817. The van der Waals surface area contributed by atoms with Crippen LogP contribution in [0.25, 0.3) is 0 Å². The van der Waals surface area contributed by atoms with Gasteiger partial charge in [0.05, 0.1) is 11.4 Å². The zero-order valence-electron chi connectivity index (χ0n) is 12.2. The van der Waals surface area contributed by atoms with Gasteiger partial charge in [0.2, 0.25) is 0 Å². The van der Waals surface area contributed by atoms with E-state index in [1.165, 1.54) is 11.4 Å². The average molecular weight is 321 g/mol. The van der Waals surface area contributed by atoms with Crippen LogP contribution in [0, 0.1) is 0 Å². The normalized spacial score (nSPS) is 16.3. The highest BCUT2D eigenvalue weighted by Crippen LogP contribution is 2.36. The van der Waals surface area contributed by atoms with E-state index in [1.807, 2.05) is 12.1 Å². The molecule has 0 aromatic heterocycles. The van der Waals surface area contributed by atoms with Crippen LogP contribution in [0.1, 0.15) is 19.4 Å². The van der Waals surface area contributed by atoms with Gasteiger partial charge in [-0.05, 0) is 43.7 Å². The Hall–Kier alpha value is -1.38. The third-order valence-electron chi connectivity index (χ3n) is 3.68. The summed E-state index contributed by atoms with van der Waals surface area (Å²) in [6.07, 6.45) is 0. The summed E-state index contributed by atoms with van der Waals surface area (Å²) >= 11 is 12.3. The number of rotatable bonds is 2. The maximum atomic E-state index is 6.32. The predicted octanol–water partition coefficient (Wildman–Crippen LogP) is 5.20. The molecule has 1 aliphatic rings. The summed E-state index contributed by atoms with van der Waals surface area (Å²) in [5, 5.41) is 4.97. The molecule has 0 saturated heterocycles. The molecule has 0 fully saturated rings. The van der Waals surface area contributed by atoms with Gasteiger partial charge in [-0.1, -0.05) is 41.4 Å². The average Bonchev–Trinajstić information content (AvgIpc) is 2.40. The molecular formula is C17H18Cl2N2. The summed E-state index contributed by atoms with van der Waals surface area (Å²) in [7, 11) is 0. The van der Waals surface area contributed by atoms with Gasteiger partial charge in [0.1, 0.15) is 0 Å². The van der Waals surface area contributed by atoms with E-state index in [-0.39, 0.29) is 5.54 Å². The van der Waals surface area contributed by atoms with E-state index in [0.29, 0.717) is 5.02 Å². The van der Waals surface area contributed by atoms with Gasteiger partial charge in [0.25, 0.3) is 0 Å². The fourth-order valence-electron chi connectivity index (χ4n) is 2.82. The molecule has 1 N–H and O–H groups in total. The molecule has 2 nitrogen and oxygen atoms in total. The minimum absolute atomic E-state index is 0.0211. The van der Waals surface area contributed by atoms with E-state index < -0.39 is 0 Å². The van der Waals surface area contributed by atoms with E-state index in [9.17, 15) is 0 Å². The summed E-state index contributed by atoms with van der Waals surface area (Å²) in [4.78, 5) is 2.36. The molecule has 0 unspecified atom stereocenters. The lowest BCUT2D eigenvalue weighted by molar-refractivity contribution is 0.530. The molecule has 0 atom stereocenters. The van der Waals surface area contributed by atoms with E-state index >= 15 is 0 Å². The van der Waals surface area contributed by atoms with E-state index in [0.717, 1.165) is 23.7 Å². The second-order valence-electron chi connectivity index (χ2n) is 6.12. The number of anilines is 2. The molecule has 0 spiro atoms. The van der Waals surface area contributed by atoms with Crippen molar-refractivity contribution in [3.8, 4) is 0 Å². The van der Waals surface area contributed by atoms with Crippen LogP contribution in [0.15, 0.2) is 42.5 Å². The molecule has 3 rings (SSSR count). The smallest absolute Gasteiger partial charge is 0.0606 e. The van der Waals surface area contributed by atoms with Crippen LogP contribution >= 0.6 is 23.2 Å². The molecular weight excluding hydrogens is 303 g/mol. The second-order valence-corrected chi connectivity index (χ2v) is 6.96. The van der Waals surface area contributed by atoms with Crippen LogP contribution in [-0.4, -0.2) is 12.1 Å². The standard InChI is InChI=1S/C17H18Cl2N2/c1-17(2)11-21(16-6-4-3-5-15(16)20-17)10-12-7-8-13(18)9-14(12)19/h3-9,20H,10-11H2,1-2H3. The summed E-state index contributed by atoms with van der Waals surface area (Å²) in [6, 6.07) is 14.1. The summed E-state index contributed by atoms with van der Waals surface area (Å²) < 4.78 is 0. The maximum absolute atomic E-state index is 6.32.